The van der Waals surface area contributed by atoms with Crippen LogP contribution in [0.3, 0.4) is 0 Å². The number of rotatable bonds is 5. The molecule has 1 fully saturated rings. The lowest BCUT2D eigenvalue weighted by Gasteiger charge is -2.33. The first-order chi connectivity index (χ1) is 10.5. The third-order valence-corrected chi connectivity index (χ3v) is 4.64. The van der Waals surface area contributed by atoms with Crippen LogP contribution in [0.25, 0.3) is 0 Å². The van der Waals surface area contributed by atoms with Gasteiger partial charge in [-0.1, -0.05) is 43.2 Å². The number of likely N-dealkylation sites (N-methyl/N-ethyl adjacent to an activating group) is 1. The molecule has 1 saturated carbocycles. The highest BCUT2D eigenvalue weighted by molar-refractivity contribution is 5.86. The summed E-state index contributed by atoms with van der Waals surface area (Å²) in [6.07, 6.45) is 3.29. The lowest BCUT2D eigenvalue weighted by atomic mass is 9.86. The summed E-state index contributed by atoms with van der Waals surface area (Å²) < 4.78 is 0. The zero-order chi connectivity index (χ0) is 16.2. The summed E-state index contributed by atoms with van der Waals surface area (Å²) in [4.78, 5) is 14.7. The molecule has 2 atom stereocenters. The van der Waals surface area contributed by atoms with E-state index >= 15 is 0 Å². The molecule has 0 radical (unpaired) electrons. The van der Waals surface area contributed by atoms with Gasteiger partial charge in [-0.25, -0.2) is 0 Å². The van der Waals surface area contributed by atoms with E-state index in [4.69, 9.17) is 0 Å². The smallest absolute Gasteiger partial charge is 0.240 e. The van der Waals surface area contributed by atoms with Crippen molar-refractivity contribution < 1.29 is 4.79 Å². The first-order valence-corrected chi connectivity index (χ1v) is 7.94. The molecule has 0 bridgehead atoms. The zero-order valence-corrected chi connectivity index (χ0v) is 13.7. The number of hydrogen-bond donors (Lipinski definition) is 1. The second kappa shape index (κ2) is 6.93. The third-order valence-electron chi connectivity index (χ3n) is 4.64. The normalized spacial score (nSPS) is 19.4. The van der Waals surface area contributed by atoms with E-state index in [0.717, 1.165) is 18.4 Å². The summed E-state index contributed by atoms with van der Waals surface area (Å²) in [6.45, 7) is 2.01. The fourth-order valence-corrected chi connectivity index (χ4v) is 3.48. The molecule has 0 aromatic heterocycles. The molecule has 0 unspecified atom stereocenters. The number of nitrogens with one attached hydrogen (secondary N) is 1. The number of hydrogen-bond acceptors (Lipinski definition) is 3. The van der Waals surface area contributed by atoms with Gasteiger partial charge in [0.2, 0.25) is 5.91 Å². The molecule has 0 aliphatic heterocycles. The molecule has 1 aliphatic carbocycles. The highest BCUT2D eigenvalue weighted by Gasteiger charge is 2.42. The number of amides is 1. The second-order valence-electron chi connectivity index (χ2n) is 6.48. The van der Waals surface area contributed by atoms with Crippen LogP contribution < -0.4 is 5.32 Å². The summed E-state index contributed by atoms with van der Waals surface area (Å²) in [5.41, 5.74) is 0.347. The van der Waals surface area contributed by atoms with Crippen LogP contribution >= 0.6 is 0 Å². The summed E-state index contributed by atoms with van der Waals surface area (Å²) in [5.74, 6) is -0.109. The largest absolute Gasteiger partial charge is 0.350 e. The summed E-state index contributed by atoms with van der Waals surface area (Å²) in [5, 5.41) is 12.5. The minimum absolute atomic E-state index is 0.0595. The maximum atomic E-state index is 12.6. The molecule has 1 N–H and O–H groups in total. The van der Waals surface area contributed by atoms with Crippen molar-refractivity contribution in [2.24, 2.45) is 5.41 Å². The molecule has 1 aromatic carbocycles. The van der Waals surface area contributed by atoms with Crippen LogP contribution in [0, 0.1) is 16.7 Å². The Balaban J connectivity index is 2.14. The summed E-state index contributed by atoms with van der Waals surface area (Å²) >= 11 is 0. The van der Waals surface area contributed by atoms with Crippen LogP contribution in [0.1, 0.15) is 44.2 Å². The Hall–Kier alpha value is -1.86. The molecular weight excluding hydrogens is 274 g/mol. The molecule has 4 nitrogen and oxygen atoms in total. The highest BCUT2D eigenvalue weighted by Crippen LogP contribution is 2.38. The van der Waals surface area contributed by atoms with Crippen LogP contribution in [0.4, 0.5) is 0 Å². The van der Waals surface area contributed by atoms with Gasteiger partial charge < -0.3 is 10.2 Å². The average molecular weight is 299 g/mol. The SMILES string of the molecule is C[C@H](NC(=O)C1(C#N)CCCC1)[C@H](c1ccccc1)N(C)C. The minimum Gasteiger partial charge on any atom is -0.350 e. The number of benzene rings is 1. The number of nitrogens with zero attached hydrogens (tertiary/aromatic N) is 2. The molecule has 2 rings (SSSR count). The van der Waals surface area contributed by atoms with Crippen molar-refractivity contribution in [3.8, 4) is 6.07 Å². The van der Waals surface area contributed by atoms with Gasteiger partial charge in [0.15, 0.2) is 0 Å². The van der Waals surface area contributed by atoms with E-state index in [1.807, 2.05) is 39.2 Å². The topological polar surface area (TPSA) is 56.1 Å². The summed E-state index contributed by atoms with van der Waals surface area (Å²) in [6, 6.07) is 12.4. The van der Waals surface area contributed by atoms with E-state index in [1.165, 1.54) is 0 Å². The predicted molar refractivity (Wildman–Crippen MR) is 87.0 cm³/mol. The molecule has 22 heavy (non-hydrogen) atoms. The minimum atomic E-state index is -0.818. The van der Waals surface area contributed by atoms with Gasteiger partial charge in [-0.15, -0.1) is 0 Å². The lowest BCUT2D eigenvalue weighted by molar-refractivity contribution is -0.129. The van der Waals surface area contributed by atoms with Crippen LogP contribution in [-0.4, -0.2) is 30.9 Å². The molecule has 0 spiro atoms. The van der Waals surface area contributed by atoms with Crippen molar-refractivity contribution in [1.82, 2.24) is 10.2 Å². The van der Waals surface area contributed by atoms with Crippen LogP contribution in [0.15, 0.2) is 30.3 Å². The van der Waals surface area contributed by atoms with E-state index in [1.54, 1.807) is 0 Å². The maximum Gasteiger partial charge on any atom is 0.240 e. The second-order valence-corrected chi connectivity index (χ2v) is 6.48. The monoisotopic (exact) mass is 299 g/mol. The van der Waals surface area contributed by atoms with Gasteiger partial charge in [-0.2, -0.15) is 5.26 Å². The molecule has 1 amide bonds. The average Bonchev–Trinajstić information content (AvgIpc) is 2.98. The molecule has 0 saturated heterocycles. The van der Waals surface area contributed by atoms with Crippen molar-refractivity contribution >= 4 is 5.91 Å². The molecule has 1 aromatic rings. The lowest BCUT2D eigenvalue weighted by Crippen LogP contribution is -2.47. The first-order valence-electron chi connectivity index (χ1n) is 7.94. The van der Waals surface area contributed by atoms with Gasteiger partial charge in [-0.05, 0) is 39.4 Å². The molecule has 0 heterocycles. The number of carbonyl (C=O) groups is 1. The van der Waals surface area contributed by atoms with Gasteiger partial charge >= 0.3 is 0 Å². The Labute approximate surface area is 133 Å². The fraction of sp³-hybridized carbons (Fsp3) is 0.556. The Kier molecular flexibility index (Phi) is 5.20. The van der Waals surface area contributed by atoms with Gasteiger partial charge in [0.25, 0.3) is 0 Å². The first kappa shape index (κ1) is 16.5. The number of carbonyl (C=O) groups excluding carboxylic acids is 1. The van der Waals surface area contributed by atoms with E-state index in [0.29, 0.717) is 12.8 Å². The summed E-state index contributed by atoms with van der Waals surface area (Å²) in [7, 11) is 4.02. The van der Waals surface area contributed by atoms with Crippen molar-refractivity contribution in [2.45, 2.75) is 44.7 Å². The Bertz CT molecular complexity index is 541. The van der Waals surface area contributed by atoms with Crippen LogP contribution in [-0.2, 0) is 4.79 Å². The van der Waals surface area contributed by atoms with Gasteiger partial charge in [0.05, 0.1) is 12.1 Å². The van der Waals surface area contributed by atoms with Crippen LogP contribution in [0.2, 0.25) is 0 Å². The highest BCUT2D eigenvalue weighted by atomic mass is 16.2. The quantitative estimate of drug-likeness (QED) is 0.909. The van der Waals surface area contributed by atoms with E-state index in [2.05, 4.69) is 28.4 Å². The van der Waals surface area contributed by atoms with E-state index in [9.17, 15) is 10.1 Å². The molecule has 118 valence electrons. The standard InChI is InChI=1S/C18H25N3O/c1-14(16(21(2)3)15-9-5-4-6-10-15)20-17(22)18(13-19)11-7-8-12-18/h4-6,9-10,14,16H,7-8,11-12H2,1-3H3,(H,20,22)/t14-,16+/m0/s1. The maximum absolute atomic E-state index is 12.6. The predicted octanol–water partition coefficient (Wildman–Crippen LogP) is 2.88. The van der Waals surface area contributed by atoms with Crippen molar-refractivity contribution in [3.05, 3.63) is 35.9 Å². The van der Waals surface area contributed by atoms with Crippen molar-refractivity contribution in [2.75, 3.05) is 14.1 Å². The van der Waals surface area contributed by atoms with Gasteiger partial charge in [0.1, 0.15) is 5.41 Å². The fourth-order valence-electron chi connectivity index (χ4n) is 3.48. The van der Waals surface area contributed by atoms with E-state index < -0.39 is 5.41 Å². The van der Waals surface area contributed by atoms with Crippen molar-refractivity contribution in [3.63, 3.8) is 0 Å². The third kappa shape index (κ3) is 3.31. The molecule has 1 aliphatic rings. The number of nitriles is 1. The van der Waals surface area contributed by atoms with Gasteiger partial charge in [-0.3, -0.25) is 4.79 Å². The van der Waals surface area contributed by atoms with Crippen LogP contribution in [0.5, 0.6) is 0 Å². The molecule has 4 heteroatoms. The zero-order valence-electron chi connectivity index (χ0n) is 13.7. The Morgan fingerprint density at radius 3 is 2.36 bits per heavy atom. The Morgan fingerprint density at radius 2 is 1.86 bits per heavy atom. The van der Waals surface area contributed by atoms with Gasteiger partial charge in [0, 0.05) is 6.04 Å². The van der Waals surface area contributed by atoms with Crippen molar-refractivity contribution in [1.29, 1.82) is 5.26 Å². The van der Waals surface area contributed by atoms with E-state index in [-0.39, 0.29) is 18.0 Å². The molecular formula is C18H25N3O. The Morgan fingerprint density at radius 1 is 1.27 bits per heavy atom.